The molecule has 9 nitrogen and oxygen atoms in total. The molecule has 4 aromatic heterocycles. The molecule has 0 amide bonds. The molecule has 0 spiro atoms. The Morgan fingerprint density at radius 2 is 1.44 bits per heavy atom. The van der Waals surface area contributed by atoms with Crippen molar-refractivity contribution in [2.24, 2.45) is 11.5 Å². The van der Waals surface area contributed by atoms with Gasteiger partial charge in [0.05, 0.1) is 15.7 Å². The fourth-order valence-corrected chi connectivity index (χ4v) is 4.08. The van der Waals surface area contributed by atoms with Crippen LogP contribution in [-0.4, -0.2) is 30.3 Å². The predicted octanol–water partition coefficient (Wildman–Crippen LogP) is 6.43. The molecule has 0 fully saturated rings. The summed E-state index contributed by atoms with van der Waals surface area (Å²) in [5.41, 5.74) is 13.0. The van der Waals surface area contributed by atoms with Crippen molar-refractivity contribution in [2.75, 3.05) is 0 Å². The summed E-state index contributed by atoms with van der Waals surface area (Å²) < 4.78 is 12.3. The highest BCUT2D eigenvalue weighted by Gasteiger charge is 2.01. The molecule has 0 saturated carbocycles. The number of H-pyrrole nitrogens is 3. The lowest BCUT2D eigenvalue weighted by atomic mass is 10.3. The Labute approximate surface area is 229 Å². The minimum atomic E-state index is 0.000000000000000222. The quantitative estimate of drug-likeness (QED) is 0.139. The second-order valence-electron chi connectivity index (χ2n) is 6.58. The first-order chi connectivity index (χ1) is 17.3. The number of oxazole rings is 1. The van der Waals surface area contributed by atoms with Crippen molar-refractivity contribution in [3.63, 3.8) is 0 Å². The van der Waals surface area contributed by atoms with Gasteiger partial charge in [0.1, 0.15) is 0 Å². The predicted molar refractivity (Wildman–Crippen MR) is 154 cm³/mol. The van der Waals surface area contributed by atoms with Gasteiger partial charge in [-0.25, -0.2) is 5.10 Å². The first-order valence-electron chi connectivity index (χ1n) is 9.98. The summed E-state index contributed by atoms with van der Waals surface area (Å²) in [5.74, 6) is 0.488. The largest absolute Gasteiger partial charge is 0.429 e. The van der Waals surface area contributed by atoms with Crippen molar-refractivity contribution in [3.8, 4) is 11.5 Å². The molecule has 184 valence electrons. The summed E-state index contributed by atoms with van der Waals surface area (Å²) in [6.07, 6.45) is 3.34. The van der Waals surface area contributed by atoms with E-state index >= 15 is 0 Å². The Bertz CT molecular complexity index is 1560. The molecule has 0 aliphatic rings. The highest BCUT2D eigenvalue weighted by Crippen LogP contribution is 2.17. The summed E-state index contributed by atoms with van der Waals surface area (Å²) in [5, 5.41) is 6.41. The number of nitrogens with one attached hydrogen (secondary N) is 3. The summed E-state index contributed by atoms with van der Waals surface area (Å²) in [7, 11) is 0. The van der Waals surface area contributed by atoms with Gasteiger partial charge in [-0.15, -0.1) is 16.4 Å². The van der Waals surface area contributed by atoms with Crippen LogP contribution in [0.4, 0.5) is 0 Å². The minimum Gasteiger partial charge on any atom is -0.429 e. The molecule has 0 bridgehead atoms. The van der Waals surface area contributed by atoms with Crippen LogP contribution in [-0.2, 0) is 0 Å². The monoisotopic (exact) mass is 573 g/mol. The Balaban J connectivity index is 0.000000141. The molecule has 4 heterocycles. The van der Waals surface area contributed by atoms with Crippen LogP contribution >= 0.6 is 60.2 Å². The number of fused-ring (bicyclic) bond motifs is 2. The maximum Gasteiger partial charge on any atom is 0.284 e. The topological polar surface area (TPSA) is 151 Å². The number of hydrogen-bond acceptors (Lipinski definition) is 9. The summed E-state index contributed by atoms with van der Waals surface area (Å²) in [4.78, 5) is 10.6. The van der Waals surface area contributed by atoms with Gasteiger partial charge in [0.25, 0.3) is 9.67 Å². The highest BCUT2D eigenvalue weighted by atomic mass is 32.1. The molecular formula is C22H19N7O2S5. The van der Waals surface area contributed by atoms with Gasteiger partial charge in [0.15, 0.2) is 14.6 Å². The van der Waals surface area contributed by atoms with E-state index in [0.29, 0.717) is 10.7 Å². The van der Waals surface area contributed by atoms with Gasteiger partial charge in [0, 0.05) is 18.0 Å². The Morgan fingerprint density at radius 3 is 2.06 bits per heavy atom. The second-order valence-corrected chi connectivity index (χ2v) is 9.51. The smallest absolute Gasteiger partial charge is 0.284 e. The van der Waals surface area contributed by atoms with Gasteiger partial charge < -0.3 is 30.3 Å². The van der Waals surface area contributed by atoms with Crippen molar-refractivity contribution >= 4 is 86.6 Å². The number of nitrogens with zero attached hydrogens (tertiary/aromatic N) is 2. The van der Waals surface area contributed by atoms with Crippen LogP contribution in [0.25, 0.3) is 32.8 Å². The van der Waals surface area contributed by atoms with Crippen LogP contribution in [0.15, 0.2) is 81.9 Å². The van der Waals surface area contributed by atoms with Crippen molar-refractivity contribution in [2.45, 2.75) is 0 Å². The van der Waals surface area contributed by atoms with E-state index in [1.165, 1.54) is 4.70 Å². The SMILES string of the molecule is NC(N)=S.S=c1[nH]c2ccccc2o1.S=c1[nH]c2ccccc2s1.S=c1[nH]nc(-c2ccncc2)o1. The van der Waals surface area contributed by atoms with E-state index in [1.807, 2.05) is 42.5 Å². The lowest BCUT2D eigenvalue weighted by molar-refractivity contribution is 0.552. The van der Waals surface area contributed by atoms with Crippen LogP contribution in [0.5, 0.6) is 0 Å². The number of aromatic nitrogens is 5. The third kappa shape index (κ3) is 8.58. The summed E-state index contributed by atoms with van der Waals surface area (Å²) in [6, 6.07) is 19.4. The summed E-state index contributed by atoms with van der Waals surface area (Å²) >= 11 is 20.2. The zero-order valence-electron chi connectivity index (χ0n) is 18.3. The third-order valence-corrected chi connectivity index (χ3v) is 5.59. The molecule has 6 aromatic rings. The molecule has 7 N–H and O–H groups in total. The molecule has 0 aliphatic carbocycles. The van der Waals surface area contributed by atoms with Gasteiger partial charge in [0.2, 0.25) is 5.89 Å². The van der Waals surface area contributed by atoms with Crippen molar-refractivity contribution in [3.05, 3.63) is 86.7 Å². The average Bonchev–Trinajstić information content (AvgIpc) is 3.56. The maximum absolute atomic E-state index is 5.13. The van der Waals surface area contributed by atoms with Gasteiger partial charge in [-0.05, 0) is 85.3 Å². The van der Waals surface area contributed by atoms with E-state index in [2.05, 4.69) is 54.9 Å². The van der Waals surface area contributed by atoms with Crippen molar-refractivity contribution < 1.29 is 8.83 Å². The van der Waals surface area contributed by atoms with Crippen molar-refractivity contribution in [1.29, 1.82) is 0 Å². The number of hydrogen-bond donors (Lipinski definition) is 5. The zero-order valence-corrected chi connectivity index (χ0v) is 22.4. The molecule has 0 atom stereocenters. The first kappa shape index (κ1) is 27.0. The van der Waals surface area contributed by atoms with E-state index in [0.717, 1.165) is 26.1 Å². The van der Waals surface area contributed by atoms with E-state index in [1.54, 1.807) is 35.9 Å². The van der Waals surface area contributed by atoms with Crippen LogP contribution < -0.4 is 11.5 Å². The zero-order chi connectivity index (χ0) is 25.9. The average molecular weight is 574 g/mol. The van der Waals surface area contributed by atoms with E-state index in [9.17, 15) is 0 Å². The molecule has 2 aromatic carbocycles. The van der Waals surface area contributed by atoms with Crippen LogP contribution in [0.1, 0.15) is 0 Å². The Kier molecular flexibility index (Phi) is 10.1. The van der Waals surface area contributed by atoms with E-state index in [4.69, 9.17) is 45.5 Å². The summed E-state index contributed by atoms with van der Waals surface area (Å²) in [6.45, 7) is 0. The second kappa shape index (κ2) is 13.5. The Hall–Kier alpha value is -3.56. The number of benzene rings is 2. The number of aromatic amines is 3. The van der Waals surface area contributed by atoms with Gasteiger partial charge in [-0.1, -0.05) is 24.3 Å². The van der Waals surface area contributed by atoms with Gasteiger partial charge in [-0.2, -0.15) is 0 Å². The van der Waals surface area contributed by atoms with Gasteiger partial charge in [-0.3, -0.25) is 4.98 Å². The number of rotatable bonds is 1. The molecule has 0 aliphatic heterocycles. The van der Waals surface area contributed by atoms with Crippen LogP contribution in [0.2, 0.25) is 0 Å². The molecule has 0 unspecified atom stereocenters. The number of para-hydroxylation sites is 3. The number of pyridine rings is 1. The number of thiazole rings is 1. The molecule has 6 rings (SSSR count). The minimum absolute atomic E-state index is 0.000000000000000222. The third-order valence-electron chi connectivity index (χ3n) is 4.02. The van der Waals surface area contributed by atoms with E-state index < -0.39 is 0 Å². The number of nitrogens with two attached hydrogens (primary N) is 2. The molecule has 0 saturated heterocycles. The van der Waals surface area contributed by atoms with E-state index in [-0.39, 0.29) is 9.95 Å². The fraction of sp³-hybridized carbons (Fsp3) is 0. The van der Waals surface area contributed by atoms with Crippen LogP contribution in [0.3, 0.4) is 0 Å². The number of thiocarbonyl (C=S) groups is 1. The van der Waals surface area contributed by atoms with Gasteiger partial charge >= 0.3 is 0 Å². The fourth-order valence-electron chi connectivity index (χ4n) is 2.64. The standard InChI is InChI=1S/C7H5N3OS.C7H5NOS.C7H5NS2.CH4N2S/c12-7-10-9-6(11-7)5-1-3-8-4-2-5;10-7-8-5-3-1-2-4-6(5)9-7;9-7-8-5-3-1-2-4-6(5)10-7;2-1(3)4/h1-4H,(H,10,12);1-4H,(H,8,10);1-4H,(H,8,9);(H4,2,3,4). The van der Waals surface area contributed by atoms with Crippen molar-refractivity contribution in [1.82, 2.24) is 25.1 Å². The maximum atomic E-state index is 5.13. The molecule has 36 heavy (non-hydrogen) atoms. The lowest BCUT2D eigenvalue weighted by Crippen LogP contribution is -2.18. The molecule has 0 radical (unpaired) electrons. The first-order valence-corrected chi connectivity index (χ1v) is 12.4. The highest BCUT2D eigenvalue weighted by molar-refractivity contribution is 7.80. The molecule has 14 heteroatoms. The Morgan fingerprint density at radius 1 is 0.806 bits per heavy atom. The molecular weight excluding hydrogens is 555 g/mol. The normalized spacial score (nSPS) is 9.78. The van der Waals surface area contributed by atoms with Crippen LogP contribution in [0, 0.1) is 13.6 Å². The lowest BCUT2D eigenvalue weighted by Gasteiger charge is -1.89.